The van der Waals surface area contributed by atoms with Crippen molar-refractivity contribution in [2.24, 2.45) is 11.3 Å². The third-order valence-electron chi connectivity index (χ3n) is 5.06. The second kappa shape index (κ2) is 5.68. The smallest absolute Gasteiger partial charge is 0.274 e. The van der Waals surface area contributed by atoms with E-state index in [1.54, 1.807) is 30.1 Å². The van der Waals surface area contributed by atoms with Crippen LogP contribution in [0.15, 0.2) is 24.3 Å². The molecule has 2 aliphatic rings. The number of nitrogens with one attached hydrogen (secondary N) is 1. The molecule has 1 atom stereocenters. The number of hydrogen-bond acceptors (Lipinski definition) is 4. The van der Waals surface area contributed by atoms with Crippen LogP contribution >= 0.6 is 0 Å². The van der Waals surface area contributed by atoms with Crippen LogP contribution in [-0.4, -0.2) is 35.9 Å². The van der Waals surface area contributed by atoms with Crippen molar-refractivity contribution in [3.8, 4) is 0 Å². The van der Waals surface area contributed by atoms with Crippen LogP contribution in [0.3, 0.4) is 0 Å². The highest BCUT2D eigenvalue weighted by Crippen LogP contribution is 2.59. The SMILES string of the molecule is CN(Cc1ccccc1[N+](=O)[O-])C(=O)C1CC12CCNCC2. The third-order valence-corrected chi connectivity index (χ3v) is 5.06. The largest absolute Gasteiger partial charge is 0.341 e. The maximum Gasteiger partial charge on any atom is 0.274 e. The first-order valence-corrected chi connectivity index (χ1v) is 7.71. The van der Waals surface area contributed by atoms with Gasteiger partial charge in [-0.3, -0.25) is 14.9 Å². The van der Waals surface area contributed by atoms with E-state index >= 15 is 0 Å². The summed E-state index contributed by atoms with van der Waals surface area (Å²) in [6.45, 7) is 2.26. The predicted octanol–water partition coefficient (Wildman–Crippen LogP) is 1.94. The van der Waals surface area contributed by atoms with Crippen LogP contribution in [0, 0.1) is 21.4 Å². The highest BCUT2D eigenvalue weighted by Gasteiger charge is 2.58. The lowest BCUT2D eigenvalue weighted by Gasteiger charge is -2.25. The van der Waals surface area contributed by atoms with Gasteiger partial charge in [-0.25, -0.2) is 0 Å². The molecule has 1 N–H and O–H groups in total. The van der Waals surface area contributed by atoms with E-state index in [1.165, 1.54) is 6.07 Å². The second-order valence-corrected chi connectivity index (χ2v) is 6.45. The van der Waals surface area contributed by atoms with Crippen molar-refractivity contribution in [3.63, 3.8) is 0 Å². The number of para-hydroxylation sites is 1. The Kier molecular flexibility index (Phi) is 3.87. The zero-order valence-corrected chi connectivity index (χ0v) is 12.7. The van der Waals surface area contributed by atoms with Crippen molar-refractivity contribution in [3.05, 3.63) is 39.9 Å². The average molecular weight is 303 g/mol. The highest BCUT2D eigenvalue weighted by molar-refractivity contribution is 5.82. The predicted molar refractivity (Wildman–Crippen MR) is 82.2 cm³/mol. The van der Waals surface area contributed by atoms with E-state index in [4.69, 9.17) is 0 Å². The van der Waals surface area contributed by atoms with Crippen molar-refractivity contribution in [2.75, 3.05) is 20.1 Å². The Morgan fingerprint density at radius 2 is 2.09 bits per heavy atom. The molecule has 118 valence electrons. The standard InChI is InChI=1S/C16H21N3O3/c1-18(11-12-4-2-3-5-14(12)19(21)22)15(20)13-10-16(13)6-8-17-9-7-16/h2-5,13,17H,6-11H2,1H3. The van der Waals surface area contributed by atoms with Gasteiger partial charge in [-0.1, -0.05) is 18.2 Å². The van der Waals surface area contributed by atoms with Crippen LogP contribution < -0.4 is 5.32 Å². The monoisotopic (exact) mass is 303 g/mol. The zero-order valence-electron chi connectivity index (χ0n) is 12.7. The molecule has 1 aliphatic heterocycles. The number of benzene rings is 1. The van der Waals surface area contributed by atoms with E-state index in [-0.39, 0.29) is 27.9 Å². The van der Waals surface area contributed by atoms with E-state index in [0.29, 0.717) is 12.1 Å². The molecule has 0 aromatic heterocycles. The van der Waals surface area contributed by atoms with Crippen LogP contribution in [-0.2, 0) is 11.3 Å². The van der Waals surface area contributed by atoms with Gasteiger partial charge < -0.3 is 10.2 Å². The fourth-order valence-electron chi connectivity index (χ4n) is 3.60. The van der Waals surface area contributed by atoms with Gasteiger partial charge in [0.15, 0.2) is 0 Å². The lowest BCUT2D eigenvalue weighted by atomic mass is 9.91. The fraction of sp³-hybridized carbons (Fsp3) is 0.562. The number of piperidine rings is 1. The summed E-state index contributed by atoms with van der Waals surface area (Å²) in [5, 5.41) is 14.4. The number of nitro benzene ring substituents is 1. The first-order chi connectivity index (χ1) is 10.5. The van der Waals surface area contributed by atoms with Gasteiger partial charge >= 0.3 is 0 Å². The molecule has 0 bridgehead atoms. The van der Waals surface area contributed by atoms with Crippen molar-refractivity contribution in [1.29, 1.82) is 0 Å². The average Bonchev–Trinajstić information content (AvgIpc) is 3.20. The number of nitro groups is 1. The highest BCUT2D eigenvalue weighted by atomic mass is 16.6. The Labute approximate surface area is 129 Å². The number of hydrogen-bond donors (Lipinski definition) is 1. The van der Waals surface area contributed by atoms with Gasteiger partial charge in [0.1, 0.15) is 0 Å². The minimum atomic E-state index is -0.390. The van der Waals surface area contributed by atoms with E-state index in [0.717, 1.165) is 32.4 Å². The summed E-state index contributed by atoms with van der Waals surface area (Å²) in [4.78, 5) is 24.9. The molecule has 1 aromatic carbocycles. The Morgan fingerprint density at radius 3 is 2.77 bits per heavy atom. The maximum absolute atomic E-state index is 12.6. The van der Waals surface area contributed by atoms with E-state index in [1.807, 2.05) is 0 Å². The molecule has 1 saturated carbocycles. The molecule has 1 heterocycles. The first-order valence-electron chi connectivity index (χ1n) is 7.71. The Morgan fingerprint density at radius 1 is 1.41 bits per heavy atom. The number of amides is 1. The molecule has 1 unspecified atom stereocenters. The summed E-state index contributed by atoms with van der Waals surface area (Å²) in [5.74, 6) is 0.224. The first kappa shape index (κ1) is 15.0. The Bertz CT molecular complexity index is 596. The second-order valence-electron chi connectivity index (χ2n) is 6.45. The molecule has 3 rings (SSSR count). The van der Waals surface area contributed by atoms with E-state index < -0.39 is 0 Å². The fourth-order valence-corrected chi connectivity index (χ4v) is 3.60. The number of rotatable bonds is 4. The van der Waals surface area contributed by atoms with Gasteiger partial charge in [0.25, 0.3) is 5.69 Å². The van der Waals surface area contributed by atoms with Gasteiger partial charge in [0, 0.05) is 24.6 Å². The number of nitrogens with zero attached hydrogens (tertiary/aromatic N) is 2. The van der Waals surface area contributed by atoms with Crippen LogP contribution in [0.5, 0.6) is 0 Å². The minimum Gasteiger partial charge on any atom is -0.341 e. The lowest BCUT2D eigenvalue weighted by molar-refractivity contribution is -0.385. The molecular formula is C16H21N3O3. The maximum atomic E-state index is 12.6. The summed E-state index contributed by atoms with van der Waals surface area (Å²) < 4.78 is 0. The quantitative estimate of drug-likeness (QED) is 0.681. The molecule has 1 saturated heterocycles. The Hall–Kier alpha value is -1.95. The Balaban J connectivity index is 1.67. The van der Waals surface area contributed by atoms with Crippen LogP contribution in [0.25, 0.3) is 0 Å². The zero-order chi connectivity index (χ0) is 15.7. The van der Waals surface area contributed by atoms with Gasteiger partial charge in [0.05, 0.1) is 11.5 Å². The molecule has 1 aliphatic carbocycles. The molecule has 1 spiro atoms. The summed E-state index contributed by atoms with van der Waals surface area (Å²) >= 11 is 0. The molecular weight excluding hydrogens is 282 g/mol. The normalized spacial score (nSPS) is 22.3. The summed E-state index contributed by atoms with van der Waals surface area (Å²) in [6, 6.07) is 6.62. The molecule has 1 aromatic rings. The lowest BCUT2D eigenvalue weighted by Crippen LogP contribution is -2.34. The molecule has 6 heteroatoms. The van der Waals surface area contributed by atoms with E-state index in [9.17, 15) is 14.9 Å². The molecule has 6 nitrogen and oxygen atoms in total. The van der Waals surface area contributed by atoms with Crippen molar-refractivity contribution < 1.29 is 9.72 Å². The van der Waals surface area contributed by atoms with Crippen LogP contribution in [0.2, 0.25) is 0 Å². The van der Waals surface area contributed by atoms with Crippen molar-refractivity contribution >= 4 is 11.6 Å². The van der Waals surface area contributed by atoms with Gasteiger partial charge in [-0.2, -0.15) is 0 Å². The summed E-state index contributed by atoms with van der Waals surface area (Å²) in [6.07, 6.45) is 3.08. The topological polar surface area (TPSA) is 75.5 Å². The third kappa shape index (κ3) is 2.70. The number of carbonyl (C=O) groups excluding carboxylic acids is 1. The molecule has 2 fully saturated rings. The summed E-state index contributed by atoms with van der Waals surface area (Å²) in [7, 11) is 1.74. The number of carbonyl (C=O) groups is 1. The van der Waals surface area contributed by atoms with Crippen molar-refractivity contribution in [2.45, 2.75) is 25.8 Å². The van der Waals surface area contributed by atoms with Gasteiger partial charge in [0.2, 0.25) is 5.91 Å². The molecule has 0 radical (unpaired) electrons. The van der Waals surface area contributed by atoms with Gasteiger partial charge in [-0.05, 0) is 37.8 Å². The molecule has 1 amide bonds. The molecule has 22 heavy (non-hydrogen) atoms. The van der Waals surface area contributed by atoms with Crippen LogP contribution in [0.1, 0.15) is 24.8 Å². The van der Waals surface area contributed by atoms with Gasteiger partial charge in [-0.15, -0.1) is 0 Å². The van der Waals surface area contributed by atoms with Crippen LogP contribution in [0.4, 0.5) is 5.69 Å². The van der Waals surface area contributed by atoms with E-state index in [2.05, 4.69) is 5.32 Å². The minimum absolute atomic E-state index is 0.0783. The summed E-state index contributed by atoms with van der Waals surface area (Å²) in [5.41, 5.74) is 0.858. The van der Waals surface area contributed by atoms with Crippen molar-refractivity contribution in [1.82, 2.24) is 10.2 Å².